The molecule has 17 heavy (non-hydrogen) atoms. The normalized spacial score (nSPS) is 17.8. The summed E-state index contributed by atoms with van der Waals surface area (Å²) in [4.78, 5) is 4.73. The van der Waals surface area contributed by atoms with Crippen LogP contribution in [-0.2, 0) is 11.8 Å². The molecule has 0 amide bonds. The first-order chi connectivity index (χ1) is 8.25. The van der Waals surface area contributed by atoms with E-state index in [1.165, 1.54) is 0 Å². The van der Waals surface area contributed by atoms with Gasteiger partial charge >= 0.3 is 0 Å². The van der Waals surface area contributed by atoms with Crippen molar-refractivity contribution in [2.24, 2.45) is 7.05 Å². The number of halogens is 1. The van der Waals surface area contributed by atoms with E-state index < -0.39 is 0 Å². The average Bonchev–Trinajstić information content (AvgIpc) is 2.68. The molecule has 0 spiro atoms. The highest BCUT2D eigenvalue weighted by Crippen LogP contribution is 2.29. The van der Waals surface area contributed by atoms with Crippen LogP contribution in [0.15, 0.2) is 18.2 Å². The van der Waals surface area contributed by atoms with Gasteiger partial charge in [-0.15, -0.1) is 0 Å². The predicted molar refractivity (Wildman–Crippen MR) is 68.5 cm³/mol. The third kappa shape index (κ3) is 1.94. The molecule has 0 aliphatic carbocycles. The van der Waals surface area contributed by atoms with Crippen LogP contribution in [0.5, 0.6) is 0 Å². The van der Waals surface area contributed by atoms with E-state index in [2.05, 4.69) is 11.6 Å². The van der Waals surface area contributed by atoms with Crippen LogP contribution in [0.3, 0.4) is 0 Å². The SMILES string of the molecule is Cn1c(C2CCOCC2)nc2ccc(Cl)cc21. The van der Waals surface area contributed by atoms with Gasteiger partial charge in [0.25, 0.3) is 0 Å². The Morgan fingerprint density at radius 3 is 2.88 bits per heavy atom. The molecule has 0 N–H and O–H groups in total. The molecule has 2 aromatic rings. The largest absolute Gasteiger partial charge is 0.381 e. The van der Waals surface area contributed by atoms with Crippen LogP contribution in [0, 0.1) is 0 Å². The zero-order valence-corrected chi connectivity index (χ0v) is 10.6. The minimum absolute atomic E-state index is 0.514. The van der Waals surface area contributed by atoms with E-state index in [0.717, 1.165) is 47.9 Å². The summed E-state index contributed by atoms with van der Waals surface area (Å²) in [5.41, 5.74) is 2.14. The monoisotopic (exact) mass is 250 g/mol. The van der Waals surface area contributed by atoms with E-state index in [9.17, 15) is 0 Å². The number of fused-ring (bicyclic) bond motifs is 1. The van der Waals surface area contributed by atoms with Gasteiger partial charge in [0.1, 0.15) is 5.82 Å². The lowest BCUT2D eigenvalue weighted by molar-refractivity contribution is 0.0831. The number of benzene rings is 1. The maximum atomic E-state index is 6.02. The van der Waals surface area contributed by atoms with Crippen LogP contribution in [-0.4, -0.2) is 22.8 Å². The average molecular weight is 251 g/mol. The number of aryl methyl sites for hydroxylation is 1. The van der Waals surface area contributed by atoms with Gasteiger partial charge in [-0.25, -0.2) is 4.98 Å². The van der Waals surface area contributed by atoms with Crippen molar-refractivity contribution in [3.63, 3.8) is 0 Å². The number of aromatic nitrogens is 2. The topological polar surface area (TPSA) is 27.1 Å². The van der Waals surface area contributed by atoms with Gasteiger partial charge < -0.3 is 9.30 Å². The second kappa shape index (κ2) is 4.31. The molecule has 1 saturated heterocycles. The van der Waals surface area contributed by atoms with Crippen molar-refractivity contribution in [1.29, 1.82) is 0 Å². The molecule has 1 aliphatic rings. The molecule has 2 heterocycles. The fraction of sp³-hybridized carbons (Fsp3) is 0.462. The third-order valence-electron chi connectivity index (χ3n) is 3.46. The molecule has 90 valence electrons. The van der Waals surface area contributed by atoms with Crippen molar-refractivity contribution >= 4 is 22.6 Å². The van der Waals surface area contributed by atoms with E-state index in [0.29, 0.717) is 5.92 Å². The zero-order valence-electron chi connectivity index (χ0n) is 9.82. The first-order valence-electron chi connectivity index (χ1n) is 5.95. The van der Waals surface area contributed by atoms with Gasteiger partial charge in [-0.3, -0.25) is 0 Å². The summed E-state index contributed by atoms with van der Waals surface area (Å²) in [5, 5.41) is 0.763. The Kier molecular flexibility index (Phi) is 2.81. The standard InChI is InChI=1S/C13H15ClN2O/c1-16-12-8-10(14)2-3-11(12)15-13(16)9-4-6-17-7-5-9/h2-3,8-9H,4-7H2,1H3. The van der Waals surface area contributed by atoms with Crippen LogP contribution in [0.25, 0.3) is 11.0 Å². The Morgan fingerprint density at radius 1 is 1.35 bits per heavy atom. The van der Waals surface area contributed by atoms with Gasteiger partial charge in [-0.1, -0.05) is 11.6 Å². The highest BCUT2D eigenvalue weighted by atomic mass is 35.5. The molecule has 0 bridgehead atoms. The second-order valence-corrected chi connectivity index (χ2v) is 4.99. The van der Waals surface area contributed by atoms with Crippen molar-refractivity contribution in [1.82, 2.24) is 9.55 Å². The summed E-state index contributed by atoms with van der Waals surface area (Å²) >= 11 is 6.02. The number of hydrogen-bond acceptors (Lipinski definition) is 2. The smallest absolute Gasteiger partial charge is 0.112 e. The molecule has 3 nitrogen and oxygen atoms in total. The first kappa shape index (κ1) is 11.1. The summed E-state index contributed by atoms with van der Waals surface area (Å²) < 4.78 is 7.56. The van der Waals surface area contributed by atoms with E-state index in [-0.39, 0.29) is 0 Å². The highest BCUT2D eigenvalue weighted by Gasteiger charge is 2.21. The molecular formula is C13H15ClN2O. The lowest BCUT2D eigenvalue weighted by Crippen LogP contribution is -2.17. The highest BCUT2D eigenvalue weighted by molar-refractivity contribution is 6.31. The van der Waals surface area contributed by atoms with E-state index in [4.69, 9.17) is 21.3 Å². The number of nitrogens with zero attached hydrogens (tertiary/aromatic N) is 2. The second-order valence-electron chi connectivity index (χ2n) is 4.55. The number of hydrogen-bond donors (Lipinski definition) is 0. The van der Waals surface area contributed by atoms with Crippen LogP contribution >= 0.6 is 11.6 Å². The molecule has 1 aromatic heterocycles. The van der Waals surface area contributed by atoms with Crippen molar-refractivity contribution in [3.8, 4) is 0 Å². The van der Waals surface area contributed by atoms with Gasteiger partial charge in [0.2, 0.25) is 0 Å². The summed E-state index contributed by atoms with van der Waals surface area (Å²) in [6, 6.07) is 5.86. The molecule has 0 unspecified atom stereocenters. The lowest BCUT2D eigenvalue weighted by atomic mass is 9.99. The van der Waals surface area contributed by atoms with E-state index in [1.54, 1.807) is 0 Å². The van der Waals surface area contributed by atoms with Gasteiger partial charge in [0.15, 0.2) is 0 Å². The zero-order chi connectivity index (χ0) is 11.8. The predicted octanol–water partition coefficient (Wildman–Crippen LogP) is 3.12. The van der Waals surface area contributed by atoms with Crippen molar-refractivity contribution in [2.45, 2.75) is 18.8 Å². The van der Waals surface area contributed by atoms with Crippen LogP contribution in [0.2, 0.25) is 5.02 Å². The van der Waals surface area contributed by atoms with E-state index in [1.807, 2.05) is 18.2 Å². The summed E-state index contributed by atoms with van der Waals surface area (Å²) in [6.07, 6.45) is 2.12. The molecule has 1 aromatic carbocycles. The fourth-order valence-corrected chi connectivity index (χ4v) is 2.67. The summed E-state index contributed by atoms with van der Waals surface area (Å²) in [6.45, 7) is 1.68. The minimum Gasteiger partial charge on any atom is -0.381 e. The summed E-state index contributed by atoms with van der Waals surface area (Å²) in [5.74, 6) is 1.67. The summed E-state index contributed by atoms with van der Waals surface area (Å²) in [7, 11) is 2.07. The van der Waals surface area contributed by atoms with Crippen LogP contribution < -0.4 is 0 Å². The molecule has 4 heteroatoms. The van der Waals surface area contributed by atoms with Gasteiger partial charge in [-0.2, -0.15) is 0 Å². The fourth-order valence-electron chi connectivity index (χ4n) is 2.50. The molecule has 1 aliphatic heterocycles. The number of imidazole rings is 1. The molecule has 0 atom stereocenters. The van der Waals surface area contributed by atoms with Crippen LogP contribution in [0.1, 0.15) is 24.6 Å². The van der Waals surface area contributed by atoms with Crippen molar-refractivity contribution in [3.05, 3.63) is 29.0 Å². The van der Waals surface area contributed by atoms with Crippen molar-refractivity contribution in [2.75, 3.05) is 13.2 Å². The van der Waals surface area contributed by atoms with E-state index >= 15 is 0 Å². The molecular weight excluding hydrogens is 236 g/mol. The molecule has 1 fully saturated rings. The maximum Gasteiger partial charge on any atom is 0.112 e. The molecule has 0 saturated carbocycles. The Morgan fingerprint density at radius 2 is 2.12 bits per heavy atom. The Labute approximate surface area is 105 Å². The third-order valence-corrected chi connectivity index (χ3v) is 3.70. The maximum absolute atomic E-state index is 6.02. The Balaban J connectivity index is 2.07. The Bertz CT molecular complexity index is 544. The number of rotatable bonds is 1. The molecule has 0 radical (unpaired) electrons. The van der Waals surface area contributed by atoms with Crippen LogP contribution in [0.4, 0.5) is 0 Å². The quantitative estimate of drug-likeness (QED) is 0.778. The first-order valence-corrected chi connectivity index (χ1v) is 6.33. The van der Waals surface area contributed by atoms with Crippen molar-refractivity contribution < 1.29 is 4.74 Å². The van der Waals surface area contributed by atoms with Gasteiger partial charge in [0, 0.05) is 31.2 Å². The Hall–Kier alpha value is -1.06. The minimum atomic E-state index is 0.514. The number of ether oxygens (including phenoxy) is 1. The van der Waals surface area contributed by atoms with Gasteiger partial charge in [-0.05, 0) is 31.0 Å². The van der Waals surface area contributed by atoms with Gasteiger partial charge in [0.05, 0.1) is 11.0 Å². The molecule has 3 rings (SSSR count). The lowest BCUT2D eigenvalue weighted by Gasteiger charge is -2.21.